The second kappa shape index (κ2) is 4.01. The van der Waals surface area contributed by atoms with Crippen molar-refractivity contribution >= 4 is 11.4 Å². The topological polar surface area (TPSA) is 38.5 Å². The quantitative estimate of drug-likeness (QED) is 0.715. The van der Waals surface area contributed by atoms with E-state index in [0.717, 1.165) is 24.4 Å². The highest BCUT2D eigenvalue weighted by atomic mass is 16.5. The van der Waals surface area contributed by atoms with E-state index in [0.29, 0.717) is 0 Å². The van der Waals surface area contributed by atoms with Gasteiger partial charge < -0.3 is 15.4 Å². The number of hydrogen-bond donors (Lipinski definition) is 1. The molecule has 0 bridgehead atoms. The number of benzene rings is 1. The van der Waals surface area contributed by atoms with Crippen LogP contribution in [0.2, 0.25) is 0 Å². The van der Waals surface area contributed by atoms with Crippen molar-refractivity contribution in [3.63, 3.8) is 0 Å². The molecule has 0 radical (unpaired) electrons. The monoisotopic (exact) mass is 206 g/mol. The molecule has 3 heteroatoms. The van der Waals surface area contributed by atoms with E-state index in [-0.39, 0.29) is 0 Å². The van der Waals surface area contributed by atoms with E-state index in [9.17, 15) is 0 Å². The van der Waals surface area contributed by atoms with Gasteiger partial charge in [-0.25, -0.2) is 0 Å². The van der Waals surface area contributed by atoms with Gasteiger partial charge in [-0.15, -0.1) is 0 Å². The fraction of sp³-hybridized carbons (Fsp3) is 0.500. The van der Waals surface area contributed by atoms with Crippen molar-refractivity contribution in [2.75, 3.05) is 31.3 Å². The fourth-order valence-corrected chi connectivity index (χ4v) is 2.24. The zero-order valence-electron chi connectivity index (χ0n) is 9.42. The Hall–Kier alpha value is -1.38. The molecule has 15 heavy (non-hydrogen) atoms. The van der Waals surface area contributed by atoms with Crippen LogP contribution in [0.1, 0.15) is 18.4 Å². The van der Waals surface area contributed by atoms with Crippen molar-refractivity contribution in [2.45, 2.75) is 19.3 Å². The van der Waals surface area contributed by atoms with Gasteiger partial charge >= 0.3 is 0 Å². The summed E-state index contributed by atoms with van der Waals surface area (Å²) in [5.41, 5.74) is 9.38. The van der Waals surface area contributed by atoms with E-state index < -0.39 is 0 Å². The number of rotatable bonds is 1. The first-order valence-electron chi connectivity index (χ1n) is 5.40. The summed E-state index contributed by atoms with van der Waals surface area (Å²) in [6.45, 7) is 1.09. The van der Waals surface area contributed by atoms with E-state index in [1.807, 2.05) is 6.07 Å². The molecule has 82 valence electrons. The molecule has 0 atom stereocenters. The van der Waals surface area contributed by atoms with Crippen molar-refractivity contribution in [2.24, 2.45) is 0 Å². The van der Waals surface area contributed by atoms with Gasteiger partial charge in [-0.1, -0.05) is 0 Å². The van der Waals surface area contributed by atoms with Crippen LogP contribution >= 0.6 is 0 Å². The number of anilines is 2. The standard InChI is InChI=1S/C12H18N2O/c1-14-6-4-3-5-9-7-10(15-2)8-11(13)12(9)14/h7-8H,3-6,13H2,1-2H3. The Labute approximate surface area is 90.8 Å². The van der Waals surface area contributed by atoms with Crippen LogP contribution in [-0.2, 0) is 6.42 Å². The first-order chi connectivity index (χ1) is 7.22. The number of nitrogen functional groups attached to an aromatic ring is 1. The lowest BCUT2D eigenvalue weighted by atomic mass is 10.1. The first-order valence-corrected chi connectivity index (χ1v) is 5.40. The highest BCUT2D eigenvalue weighted by Crippen LogP contribution is 2.34. The molecule has 1 aliphatic heterocycles. The van der Waals surface area contributed by atoms with E-state index in [4.69, 9.17) is 10.5 Å². The number of fused-ring (bicyclic) bond motifs is 1. The molecule has 1 aromatic rings. The summed E-state index contributed by atoms with van der Waals surface area (Å²) < 4.78 is 5.24. The van der Waals surface area contributed by atoms with Crippen LogP contribution in [0.5, 0.6) is 5.75 Å². The highest BCUT2D eigenvalue weighted by molar-refractivity contribution is 5.74. The molecule has 0 amide bonds. The molecule has 0 saturated carbocycles. The SMILES string of the molecule is COc1cc(N)c2c(c1)CCCCN2C. The Bertz CT molecular complexity index is 363. The maximum absolute atomic E-state index is 6.06. The van der Waals surface area contributed by atoms with E-state index in [2.05, 4.69) is 18.0 Å². The van der Waals surface area contributed by atoms with Crippen LogP contribution in [0.3, 0.4) is 0 Å². The van der Waals surface area contributed by atoms with Gasteiger partial charge in [0, 0.05) is 19.7 Å². The van der Waals surface area contributed by atoms with Crippen molar-refractivity contribution < 1.29 is 4.74 Å². The van der Waals surface area contributed by atoms with E-state index in [1.54, 1.807) is 7.11 Å². The van der Waals surface area contributed by atoms with Crippen LogP contribution in [-0.4, -0.2) is 20.7 Å². The Morgan fingerprint density at radius 2 is 2.13 bits per heavy atom. The number of nitrogens with zero attached hydrogens (tertiary/aromatic N) is 1. The number of ether oxygens (including phenoxy) is 1. The van der Waals surface area contributed by atoms with Crippen molar-refractivity contribution in [1.82, 2.24) is 0 Å². The first kappa shape index (κ1) is 10.1. The van der Waals surface area contributed by atoms with Gasteiger partial charge in [-0.2, -0.15) is 0 Å². The van der Waals surface area contributed by atoms with Gasteiger partial charge in [0.25, 0.3) is 0 Å². The van der Waals surface area contributed by atoms with Crippen molar-refractivity contribution in [3.05, 3.63) is 17.7 Å². The molecule has 3 nitrogen and oxygen atoms in total. The summed E-state index contributed by atoms with van der Waals surface area (Å²) in [5.74, 6) is 0.863. The zero-order valence-corrected chi connectivity index (χ0v) is 9.42. The van der Waals surface area contributed by atoms with Crippen LogP contribution in [0.15, 0.2) is 12.1 Å². The lowest BCUT2D eigenvalue weighted by Crippen LogP contribution is -2.19. The third-order valence-corrected chi connectivity index (χ3v) is 3.00. The zero-order chi connectivity index (χ0) is 10.8. The molecule has 0 saturated heterocycles. The van der Waals surface area contributed by atoms with Gasteiger partial charge in [0.05, 0.1) is 18.5 Å². The van der Waals surface area contributed by atoms with Crippen LogP contribution in [0, 0.1) is 0 Å². The molecular formula is C12H18N2O. The molecule has 0 aromatic heterocycles. The number of nitrogens with two attached hydrogens (primary N) is 1. The molecule has 1 heterocycles. The summed E-state index contributed by atoms with van der Waals surface area (Å²) in [6, 6.07) is 4.01. The minimum Gasteiger partial charge on any atom is -0.497 e. The molecule has 1 aliphatic rings. The van der Waals surface area contributed by atoms with Gasteiger partial charge in [-0.3, -0.25) is 0 Å². The van der Waals surface area contributed by atoms with Crippen LogP contribution in [0.4, 0.5) is 11.4 Å². The Balaban J connectivity index is 2.49. The van der Waals surface area contributed by atoms with Gasteiger partial charge in [-0.05, 0) is 30.9 Å². The summed E-state index contributed by atoms with van der Waals surface area (Å²) in [7, 11) is 3.79. The molecule has 2 rings (SSSR count). The van der Waals surface area contributed by atoms with Crippen molar-refractivity contribution in [3.8, 4) is 5.75 Å². The predicted molar refractivity (Wildman–Crippen MR) is 63.6 cm³/mol. The second-order valence-corrected chi connectivity index (χ2v) is 4.10. The van der Waals surface area contributed by atoms with E-state index in [1.165, 1.54) is 24.1 Å². The third kappa shape index (κ3) is 1.87. The molecular weight excluding hydrogens is 188 g/mol. The van der Waals surface area contributed by atoms with Gasteiger partial charge in [0.1, 0.15) is 5.75 Å². The third-order valence-electron chi connectivity index (χ3n) is 3.00. The van der Waals surface area contributed by atoms with Gasteiger partial charge in [0.15, 0.2) is 0 Å². The molecule has 0 fully saturated rings. The minimum atomic E-state index is 0.828. The summed E-state index contributed by atoms with van der Waals surface area (Å²) in [6.07, 6.45) is 3.55. The molecule has 1 aromatic carbocycles. The summed E-state index contributed by atoms with van der Waals surface area (Å²) >= 11 is 0. The lowest BCUT2D eigenvalue weighted by molar-refractivity contribution is 0.414. The molecule has 2 N–H and O–H groups in total. The smallest absolute Gasteiger partial charge is 0.121 e. The average Bonchev–Trinajstić information content (AvgIpc) is 2.40. The molecule has 0 aliphatic carbocycles. The Morgan fingerprint density at radius 1 is 1.33 bits per heavy atom. The predicted octanol–water partition coefficient (Wildman–Crippen LogP) is 2.05. The maximum atomic E-state index is 6.06. The van der Waals surface area contributed by atoms with Crippen LogP contribution < -0.4 is 15.4 Å². The van der Waals surface area contributed by atoms with E-state index >= 15 is 0 Å². The highest BCUT2D eigenvalue weighted by Gasteiger charge is 2.16. The summed E-state index contributed by atoms with van der Waals surface area (Å²) in [5, 5.41) is 0. The Morgan fingerprint density at radius 3 is 2.87 bits per heavy atom. The fourth-order valence-electron chi connectivity index (χ4n) is 2.24. The largest absolute Gasteiger partial charge is 0.497 e. The summed E-state index contributed by atoms with van der Waals surface area (Å²) in [4.78, 5) is 2.25. The number of aryl methyl sites for hydroxylation is 1. The normalized spacial score (nSPS) is 15.7. The van der Waals surface area contributed by atoms with Crippen molar-refractivity contribution in [1.29, 1.82) is 0 Å². The van der Waals surface area contributed by atoms with Crippen LogP contribution in [0.25, 0.3) is 0 Å². The molecule has 0 spiro atoms. The maximum Gasteiger partial charge on any atom is 0.121 e. The lowest BCUT2D eigenvalue weighted by Gasteiger charge is -2.21. The second-order valence-electron chi connectivity index (χ2n) is 4.10. The van der Waals surface area contributed by atoms with Gasteiger partial charge in [0.2, 0.25) is 0 Å². The Kier molecular flexibility index (Phi) is 2.71. The minimum absolute atomic E-state index is 0.828. The number of hydrogen-bond acceptors (Lipinski definition) is 3. The number of methoxy groups -OCH3 is 1. The average molecular weight is 206 g/mol. The molecule has 0 unspecified atom stereocenters.